The molecule has 0 atom stereocenters. The summed E-state index contributed by atoms with van der Waals surface area (Å²) >= 11 is 2.86. The topological polar surface area (TPSA) is 55.2 Å². The van der Waals surface area contributed by atoms with Crippen LogP contribution in [-0.4, -0.2) is 26.9 Å². The number of thioether (sulfide) groups is 1. The molecule has 0 fully saturated rings. The Morgan fingerprint density at radius 3 is 2.86 bits per heavy atom. The van der Waals surface area contributed by atoms with E-state index in [4.69, 9.17) is 4.98 Å². The highest BCUT2D eigenvalue weighted by atomic mass is 32.2. The minimum absolute atomic E-state index is 0.0442. The monoisotopic (exact) mass is 417 g/mol. The lowest BCUT2D eigenvalue weighted by atomic mass is 10.1. The Balaban J connectivity index is 1.73. The third-order valence-electron chi connectivity index (χ3n) is 5.00. The first-order valence-electron chi connectivity index (χ1n) is 9.16. The van der Waals surface area contributed by atoms with Gasteiger partial charge in [0.25, 0.3) is 5.56 Å². The fraction of sp³-hybridized carbons (Fsp3) is 0.350. The van der Waals surface area contributed by atoms with Crippen molar-refractivity contribution in [2.45, 2.75) is 44.3 Å². The number of benzene rings is 1. The molecule has 1 aliphatic rings. The van der Waals surface area contributed by atoms with Gasteiger partial charge in [-0.3, -0.25) is 14.2 Å². The summed E-state index contributed by atoms with van der Waals surface area (Å²) in [6.45, 7) is 5.15. The summed E-state index contributed by atoms with van der Waals surface area (Å²) in [4.78, 5) is 33.2. The quantitative estimate of drug-likeness (QED) is 0.478. The second-order valence-electron chi connectivity index (χ2n) is 6.70. The largest absolute Gasteiger partial charge is 0.337 e. The molecule has 0 N–H and O–H groups in total. The minimum Gasteiger partial charge on any atom is -0.337 e. The van der Waals surface area contributed by atoms with E-state index in [0.29, 0.717) is 52.7 Å². The molecule has 2 aromatic heterocycles. The van der Waals surface area contributed by atoms with Crippen LogP contribution in [0.3, 0.4) is 0 Å². The number of fused-ring (bicyclic) bond motifs is 3. The summed E-state index contributed by atoms with van der Waals surface area (Å²) in [5.74, 6) is 0.203. The van der Waals surface area contributed by atoms with Gasteiger partial charge in [0.05, 0.1) is 11.9 Å². The number of hydrogen-bond donors (Lipinski definition) is 0. The Morgan fingerprint density at radius 1 is 1.36 bits per heavy atom. The van der Waals surface area contributed by atoms with Gasteiger partial charge in [0.2, 0.25) is 5.91 Å². The number of halogens is 1. The van der Waals surface area contributed by atoms with Crippen molar-refractivity contribution >= 4 is 39.2 Å². The van der Waals surface area contributed by atoms with Crippen molar-refractivity contribution in [3.8, 4) is 0 Å². The summed E-state index contributed by atoms with van der Waals surface area (Å²) in [6.07, 6.45) is 0.678. The molecule has 3 aromatic rings. The Bertz CT molecular complexity index is 1120. The van der Waals surface area contributed by atoms with Gasteiger partial charge in [-0.2, -0.15) is 0 Å². The zero-order valence-electron chi connectivity index (χ0n) is 15.7. The van der Waals surface area contributed by atoms with Crippen molar-refractivity contribution in [3.05, 3.63) is 56.4 Å². The lowest BCUT2D eigenvalue weighted by molar-refractivity contribution is -0.129. The average Bonchev–Trinajstić information content (AvgIpc) is 3.05. The molecule has 0 saturated carbocycles. The maximum absolute atomic E-state index is 13.9. The van der Waals surface area contributed by atoms with Gasteiger partial charge in [-0.25, -0.2) is 9.37 Å². The normalized spacial score (nSPS) is 13.8. The molecule has 0 bridgehead atoms. The molecule has 28 heavy (non-hydrogen) atoms. The number of amides is 1. The molecule has 0 unspecified atom stereocenters. The van der Waals surface area contributed by atoms with Gasteiger partial charge >= 0.3 is 0 Å². The Morgan fingerprint density at radius 2 is 2.14 bits per heavy atom. The first kappa shape index (κ1) is 19.1. The number of carbonyl (C=O) groups excluding carboxylic acids is 1. The molecule has 3 heterocycles. The van der Waals surface area contributed by atoms with E-state index < -0.39 is 0 Å². The Hall–Kier alpha value is -2.19. The van der Waals surface area contributed by atoms with Gasteiger partial charge < -0.3 is 4.90 Å². The van der Waals surface area contributed by atoms with Gasteiger partial charge in [-0.15, -0.1) is 11.3 Å². The summed E-state index contributed by atoms with van der Waals surface area (Å²) in [5, 5.41) is 1.28. The molecular formula is C20H20FN3O2S2. The van der Waals surface area contributed by atoms with Crippen LogP contribution in [0.2, 0.25) is 0 Å². The van der Waals surface area contributed by atoms with E-state index >= 15 is 0 Å². The Labute approximate surface area is 170 Å². The highest BCUT2D eigenvalue weighted by Crippen LogP contribution is 2.34. The molecule has 8 heteroatoms. The number of thiophene rings is 1. The van der Waals surface area contributed by atoms with Crippen LogP contribution in [0, 0.1) is 5.82 Å². The molecule has 5 nitrogen and oxygen atoms in total. The molecule has 1 aromatic carbocycles. The minimum atomic E-state index is -0.252. The zero-order chi connectivity index (χ0) is 19.8. The van der Waals surface area contributed by atoms with Crippen LogP contribution in [0.25, 0.3) is 10.2 Å². The predicted octanol–water partition coefficient (Wildman–Crippen LogP) is 3.81. The van der Waals surface area contributed by atoms with Gasteiger partial charge in [-0.05, 0) is 30.5 Å². The van der Waals surface area contributed by atoms with Crippen molar-refractivity contribution in [1.82, 2.24) is 14.5 Å². The van der Waals surface area contributed by atoms with Crippen LogP contribution >= 0.6 is 23.1 Å². The van der Waals surface area contributed by atoms with E-state index in [-0.39, 0.29) is 17.3 Å². The number of nitrogens with zero attached hydrogens (tertiary/aromatic N) is 3. The van der Waals surface area contributed by atoms with Crippen LogP contribution in [0.15, 0.2) is 34.2 Å². The highest BCUT2D eigenvalue weighted by molar-refractivity contribution is 7.98. The molecule has 0 radical (unpaired) electrons. The SMILES string of the molecule is CCn1c(SCc2ccccc2F)nc2sc3c(c2c1=O)CCN(C(C)=O)C3. The van der Waals surface area contributed by atoms with E-state index in [0.717, 1.165) is 10.4 Å². The number of rotatable bonds is 4. The average molecular weight is 418 g/mol. The molecule has 0 saturated heterocycles. The zero-order valence-corrected chi connectivity index (χ0v) is 17.3. The van der Waals surface area contributed by atoms with E-state index in [1.54, 1.807) is 34.6 Å². The van der Waals surface area contributed by atoms with E-state index in [1.165, 1.54) is 29.2 Å². The second kappa shape index (κ2) is 7.67. The molecular weight excluding hydrogens is 397 g/mol. The lowest BCUT2D eigenvalue weighted by Crippen LogP contribution is -2.34. The van der Waals surface area contributed by atoms with Crippen molar-refractivity contribution in [2.75, 3.05) is 6.54 Å². The fourth-order valence-corrected chi connectivity index (χ4v) is 5.80. The van der Waals surface area contributed by atoms with Crippen LogP contribution < -0.4 is 5.56 Å². The number of carbonyl (C=O) groups is 1. The predicted molar refractivity (Wildman–Crippen MR) is 110 cm³/mol. The highest BCUT2D eigenvalue weighted by Gasteiger charge is 2.26. The summed E-state index contributed by atoms with van der Waals surface area (Å²) in [5.41, 5.74) is 1.58. The first-order chi connectivity index (χ1) is 13.5. The van der Waals surface area contributed by atoms with Gasteiger partial charge in [0.15, 0.2) is 5.16 Å². The van der Waals surface area contributed by atoms with E-state index in [2.05, 4.69) is 0 Å². The molecule has 1 amide bonds. The Kier molecular flexibility index (Phi) is 5.25. The van der Waals surface area contributed by atoms with Crippen LogP contribution in [-0.2, 0) is 30.1 Å². The summed E-state index contributed by atoms with van der Waals surface area (Å²) in [6, 6.07) is 6.65. The second-order valence-corrected chi connectivity index (χ2v) is 8.72. The van der Waals surface area contributed by atoms with Crippen molar-refractivity contribution < 1.29 is 9.18 Å². The van der Waals surface area contributed by atoms with Gasteiger partial charge in [0.1, 0.15) is 10.6 Å². The van der Waals surface area contributed by atoms with Crippen LogP contribution in [0.5, 0.6) is 0 Å². The maximum Gasteiger partial charge on any atom is 0.263 e. The van der Waals surface area contributed by atoms with Crippen molar-refractivity contribution in [2.24, 2.45) is 0 Å². The van der Waals surface area contributed by atoms with E-state index in [1.807, 2.05) is 6.92 Å². The van der Waals surface area contributed by atoms with Crippen molar-refractivity contribution in [3.63, 3.8) is 0 Å². The van der Waals surface area contributed by atoms with Gasteiger partial charge in [-0.1, -0.05) is 30.0 Å². The number of hydrogen-bond acceptors (Lipinski definition) is 5. The molecule has 0 spiro atoms. The van der Waals surface area contributed by atoms with Crippen LogP contribution in [0.1, 0.15) is 29.9 Å². The standard InChI is InChI=1S/C20H20FN3O2S2/c1-3-24-19(26)17-14-8-9-23(12(2)25)10-16(14)28-18(17)22-20(24)27-11-13-6-4-5-7-15(13)21/h4-7H,3,8-11H2,1-2H3. The molecule has 4 rings (SSSR count). The van der Waals surface area contributed by atoms with E-state index in [9.17, 15) is 14.0 Å². The van der Waals surface area contributed by atoms with Crippen LogP contribution in [0.4, 0.5) is 4.39 Å². The summed E-state index contributed by atoms with van der Waals surface area (Å²) < 4.78 is 15.6. The molecule has 0 aliphatic carbocycles. The molecule has 1 aliphatic heterocycles. The smallest absolute Gasteiger partial charge is 0.263 e. The third kappa shape index (κ3) is 3.35. The maximum atomic E-state index is 13.9. The van der Waals surface area contributed by atoms with Gasteiger partial charge in [0, 0.05) is 30.6 Å². The first-order valence-corrected chi connectivity index (χ1v) is 11.0. The number of aromatic nitrogens is 2. The third-order valence-corrected chi connectivity index (χ3v) is 7.14. The fourth-order valence-electron chi connectivity index (χ4n) is 3.47. The summed E-state index contributed by atoms with van der Waals surface area (Å²) in [7, 11) is 0. The lowest BCUT2D eigenvalue weighted by Gasteiger charge is -2.25. The molecule has 146 valence electrons. The van der Waals surface area contributed by atoms with Crippen molar-refractivity contribution in [1.29, 1.82) is 0 Å².